The van der Waals surface area contributed by atoms with Gasteiger partial charge < -0.3 is 15.7 Å². The van der Waals surface area contributed by atoms with Crippen LogP contribution in [-0.4, -0.2) is 48.0 Å². The first-order valence-corrected chi connectivity index (χ1v) is 11.6. The Morgan fingerprint density at radius 2 is 1.62 bits per heavy atom. The molecule has 5 heteroatoms. The summed E-state index contributed by atoms with van der Waals surface area (Å²) in [6.45, 7) is 7.09. The molecule has 0 aromatic carbocycles. The second-order valence-corrected chi connectivity index (χ2v) is 7.57. The van der Waals surface area contributed by atoms with E-state index in [2.05, 4.69) is 41.1 Å². The highest BCUT2D eigenvalue weighted by Gasteiger charge is 2.14. The van der Waals surface area contributed by atoms with Gasteiger partial charge in [-0.05, 0) is 38.5 Å². The monoisotopic (exact) mass is 407 g/mol. The van der Waals surface area contributed by atoms with Crippen LogP contribution in [0.15, 0.2) is 29.3 Å². The van der Waals surface area contributed by atoms with Gasteiger partial charge in [-0.25, -0.2) is 0 Å². The maximum absolute atomic E-state index is 9.00. The molecule has 1 aliphatic rings. The zero-order chi connectivity index (χ0) is 21.6. The number of carbonyl (C=O) groups is 1. The van der Waals surface area contributed by atoms with E-state index in [4.69, 9.17) is 15.6 Å². The molecule has 1 heterocycles. The predicted molar refractivity (Wildman–Crippen MR) is 126 cm³/mol. The Morgan fingerprint density at radius 3 is 2.24 bits per heavy atom. The topological polar surface area (TPSA) is 78.9 Å². The normalized spacial score (nSPS) is 13.8. The molecule has 0 spiro atoms. The lowest BCUT2D eigenvalue weighted by molar-refractivity contribution is -0.134. The molecule has 0 atom stereocenters. The molecular formula is C24H45N3O2. The molecular weight excluding hydrogens is 362 g/mol. The summed E-state index contributed by atoms with van der Waals surface area (Å²) in [5, 5.41) is 7.42. The third-order valence-electron chi connectivity index (χ3n) is 4.78. The van der Waals surface area contributed by atoms with Crippen molar-refractivity contribution in [2.75, 3.05) is 26.2 Å². The molecule has 0 unspecified atom stereocenters. The van der Waals surface area contributed by atoms with Crippen molar-refractivity contribution in [2.45, 2.75) is 90.9 Å². The van der Waals surface area contributed by atoms with Gasteiger partial charge in [-0.2, -0.15) is 0 Å². The summed E-state index contributed by atoms with van der Waals surface area (Å²) in [6.07, 6.45) is 24.7. The minimum absolute atomic E-state index is 0.737. The first-order chi connectivity index (χ1) is 14.1. The summed E-state index contributed by atoms with van der Waals surface area (Å²) in [6, 6.07) is 0. The molecule has 3 N–H and O–H groups in total. The molecule has 0 aromatic heterocycles. The van der Waals surface area contributed by atoms with E-state index in [0.29, 0.717) is 0 Å². The number of allylic oxidation sites excluding steroid dienone is 4. The standard InChI is InChI=1S/C22H41N3.C2H4O2/c1-2-3-4-5-6-7-8-9-10-11-12-13-14-15-16-17-22-24-19-21-25(22)20-18-23;1-2(3)4/h6-7,9-10H,2-5,8,11-21,23H2,1H3;1H3,(H,3,4). The number of nitrogens with zero attached hydrogens (tertiary/aromatic N) is 2. The minimum atomic E-state index is -0.833. The number of hydrogen-bond acceptors (Lipinski definition) is 4. The number of aliphatic carboxylic acids is 1. The van der Waals surface area contributed by atoms with Crippen LogP contribution in [0.2, 0.25) is 0 Å². The highest BCUT2D eigenvalue weighted by atomic mass is 16.4. The highest BCUT2D eigenvalue weighted by Crippen LogP contribution is 2.12. The summed E-state index contributed by atoms with van der Waals surface area (Å²) in [7, 11) is 0. The van der Waals surface area contributed by atoms with Crippen LogP contribution in [0.4, 0.5) is 0 Å². The van der Waals surface area contributed by atoms with Crippen molar-refractivity contribution in [3.63, 3.8) is 0 Å². The Morgan fingerprint density at radius 1 is 1.03 bits per heavy atom. The third-order valence-corrected chi connectivity index (χ3v) is 4.78. The van der Waals surface area contributed by atoms with Crippen LogP contribution in [-0.2, 0) is 4.79 Å². The van der Waals surface area contributed by atoms with Gasteiger partial charge >= 0.3 is 0 Å². The molecule has 5 nitrogen and oxygen atoms in total. The molecule has 29 heavy (non-hydrogen) atoms. The van der Waals surface area contributed by atoms with Crippen molar-refractivity contribution < 1.29 is 9.90 Å². The number of carboxylic acid groups (broad SMARTS) is 1. The zero-order valence-corrected chi connectivity index (χ0v) is 19.0. The lowest BCUT2D eigenvalue weighted by Crippen LogP contribution is -2.32. The molecule has 0 aromatic rings. The van der Waals surface area contributed by atoms with Crippen LogP contribution in [0.3, 0.4) is 0 Å². The lowest BCUT2D eigenvalue weighted by Gasteiger charge is -2.19. The quantitative estimate of drug-likeness (QED) is 0.259. The van der Waals surface area contributed by atoms with E-state index in [-0.39, 0.29) is 0 Å². The zero-order valence-electron chi connectivity index (χ0n) is 19.0. The van der Waals surface area contributed by atoms with E-state index >= 15 is 0 Å². The SMILES string of the molecule is CC(=O)O.CCCCCC=CCC=CCCCCCCCC1=NCCN1CCN. The highest BCUT2D eigenvalue weighted by molar-refractivity contribution is 5.83. The number of nitrogens with two attached hydrogens (primary N) is 1. The van der Waals surface area contributed by atoms with Crippen molar-refractivity contribution in [1.82, 2.24) is 4.90 Å². The molecule has 0 saturated carbocycles. The van der Waals surface area contributed by atoms with Crippen LogP contribution in [0.1, 0.15) is 90.9 Å². The molecule has 0 amide bonds. The van der Waals surface area contributed by atoms with Gasteiger partial charge in [-0.15, -0.1) is 0 Å². The van der Waals surface area contributed by atoms with Crippen LogP contribution in [0.25, 0.3) is 0 Å². The Balaban J connectivity index is 0.00000178. The summed E-state index contributed by atoms with van der Waals surface area (Å²) < 4.78 is 0. The molecule has 0 bridgehead atoms. The second kappa shape index (κ2) is 21.1. The molecule has 1 rings (SSSR count). The molecule has 0 saturated heterocycles. The van der Waals surface area contributed by atoms with Gasteiger partial charge in [0.25, 0.3) is 5.97 Å². The van der Waals surface area contributed by atoms with Gasteiger partial charge in [0, 0.05) is 33.0 Å². The van der Waals surface area contributed by atoms with E-state index in [1.54, 1.807) is 0 Å². The summed E-state index contributed by atoms with van der Waals surface area (Å²) in [4.78, 5) is 16.0. The average Bonchev–Trinajstić information content (AvgIpc) is 3.12. The van der Waals surface area contributed by atoms with Crippen LogP contribution in [0, 0.1) is 0 Å². The number of rotatable bonds is 16. The Hall–Kier alpha value is -1.62. The van der Waals surface area contributed by atoms with Crippen LogP contribution < -0.4 is 5.73 Å². The van der Waals surface area contributed by atoms with Gasteiger partial charge in [0.1, 0.15) is 0 Å². The van der Waals surface area contributed by atoms with Crippen molar-refractivity contribution in [2.24, 2.45) is 10.7 Å². The fourth-order valence-corrected chi connectivity index (χ4v) is 3.26. The maximum atomic E-state index is 9.00. The second-order valence-electron chi connectivity index (χ2n) is 7.57. The first kappa shape index (κ1) is 27.4. The molecule has 0 fully saturated rings. The Bertz CT molecular complexity index is 469. The Kier molecular flexibility index (Phi) is 19.9. The molecule has 0 aliphatic carbocycles. The Labute approximate surface area is 179 Å². The lowest BCUT2D eigenvalue weighted by atomic mass is 10.1. The van der Waals surface area contributed by atoms with Gasteiger partial charge in [-0.1, -0.05) is 63.3 Å². The van der Waals surface area contributed by atoms with Crippen LogP contribution in [0.5, 0.6) is 0 Å². The van der Waals surface area contributed by atoms with E-state index in [1.165, 1.54) is 70.0 Å². The molecule has 1 aliphatic heterocycles. The fraction of sp³-hybridized carbons (Fsp3) is 0.750. The fourth-order valence-electron chi connectivity index (χ4n) is 3.26. The summed E-state index contributed by atoms with van der Waals surface area (Å²) in [5.41, 5.74) is 5.65. The predicted octanol–water partition coefficient (Wildman–Crippen LogP) is 5.56. The van der Waals surface area contributed by atoms with Crippen LogP contribution >= 0.6 is 0 Å². The van der Waals surface area contributed by atoms with Crippen molar-refractivity contribution in [3.05, 3.63) is 24.3 Å². The van der Waals surface area contributed by atoms with Gasteiger partial charge in [-0.3, -0.25) is 9.79 Å². The smallest absolute Gasteiger partial charge is 0.300 e. The third kappa shape index (κ3) is 19.5. The summed E-state index contributed by atoms with van der Waals surface area (Å²) >= 11 is 0. The van der Waals surface area contributed by atoms with Gasteiger partial charge in [0.15, 0.2) is 0 Å². The van der Waals surface area contributed by atoms with Gasteiger partial charge in [0.2, 0.25) is 0 Å². The van der Waals surface area contributed by atoms with E-state index in [0.717, 1.165) is 45.9 Å². The number of unbranched alkanes of at least 4 members (excludes halogenated alkanes) is 8. The van der Waals surface area contributed by atoms with E-state index < -0.39 is 5.97 Å². The van der Waals surface area contributed by atoms with E-state index in [9.17, 15) is 0 Å². The van der Waals surface area contributed by atoms with Crippen molar-refractivity contribution >= 4 is 11.8 Å². The largest absolute Gasteiger partial charge is 0.481 e. The van der Waals surface area contributed by atoms with Crippen molar-refractivity contribution in [3.8, 4) is 0 Å². The first-order valence-electron chi connectivity index (χ1n) is 11.6. The molecule has 0 radical (unpaired) electrons. The average molecular weight is 408 g/mol. The number of hydrogen-bond donors (Lipinski definition) is 2. The summed E-state index contributed by atoms with van der Waals surface area (Å²) in [5.74, 6) is 0.469. The number of aliphatic imine (C=N–C) groups is 1. The van der Waals surface area contributed by atoms with E-state index in [1.807, 2.05) is 0 Å². The number of amidine groups is 1. The van der Waals surface area contributed by atoms with Gasteiger partial charge in [0.05, 0.1) is 12.4 Å². The molecule has 168 valence electrons. The van der Waals surface area contributed by atoms with Crippen molar-refractivity contribution in [1.29, 1.82) is 0 Å². The minimum Gasteiger partial charge on any atom is -0.481 e. The number of carboxylic acids is 1. The maximum Gasteiger partial charge on any atom is 0.300 e.